The minimum absolute atomic E-state index is 0.00899. The van der Waals surface area contributed by atoms with Gasteiger partial charge in [-0.05, 0) is 65.4 Å². The van der Waals surface area contributed by atoms with Gasteiger partial charge in [0.05, 0.1) is 22.6 Å². The lowest BCUT2D eigenvalue weighted by Crippen LogP contribution is -2.19. The normalized spacial score (nSPS) is 16.0. The van der Waals surface area contributed by atoms with Gasteiger partial charge < -0.3 is 14.8 Å². The molecule has 3 aromatic carbocycles. The van der Waals surface area contributed by atoms with Crippen molar-refractivity contribution in [3.8, 4) is 11.5 Å². The number of primary sulfonamides is 1. The summed E-state index contributed by atoms with van der Waals surface area (Å²) in [5.41, 5.74) is 2.29. The minimum Gasteiger partial charge on any atom is -0.493 e. The summed E-state index contributed by atoms with van der Waals surface area (Å²) in [5.74, 6) is 0.869. The Morgan fingerprint density at radius 2 is 1.76 bits per heavy atom. The van der Waals surface area contributed by atoms with Crippen LogP contribution in [-0.4, -0.2) is 26.6 Å². The summed E-state index contributed by atoms with van der Waals surface area (Å²) in [4.78, 5) is 17.2. The van der Waals surface area contributed by atoms with E-state index in [0.717, 1.165) is 11.1 Å². The number of rotatable bonds is 7. The molecule has 4 rings (SSSR count). The highest BCUT2D eigenvalue weighted by atomic mass is 32.2. The molecule has 10 heteroatoms. The van der Waals surface area contributed by atoms with Crippen molar-refractivity contribution in [2.45, 2.75) is 11.5 Å². The lowest BCUT2D eigenvalue weighted by molar-refractivity contribution is -0.115. The van der Waals surface area contributed by atoms with E-state index in [-0.39, 0.29) is 10.8 Å². The van der Waals surface area contributed by atoms with Gasteiger partial charge in [-0.3, -0.25) is 4.79 Å². The first-order valence-electron chi connectivity index (χ1n) is 10.1. The molecule has 34 heavy (non-hydrogen) atoms. The number of thioether (sulfide) groups is 1. The van der Waals surface area contributed by atoms with Gasteiger partial charge in [0.2, 0.25) is 10.0 Å². The molecule has 3 N–H and O–H groups in total. The molecule has 0 unspecified atom stereocenters. The standard InChI is InChI=1S/C24H21N3O5S2/c1-31-21-13-17(7-12-20(21)32-15-16-5-3-2-4-6-16)14-22-23(28)27-24(33-22)26-18-8-10-19(11-9-18)34(25,29)30/h2-14H,15H2,1H3,(H2,25,29,30)(H,26,27,28)/b22-14-. The van der Waals surface area contributed by atoms with Crippen LogP contribution in [0, 0.1) is 0 Å². The van der Waals surface area contributed by atoms with E-state index in [9.17, 15) is 13.2 Å². The fraction of sp³-hybridized carbons (Fsp3) is 0.0833. The minimum atomic E-state index is -3.78. The third kappa shape index (κ3) is 5.84. The van der Waals surface area contributed by atoms with Crippen LogP contribution in [0.2, 0.25) is 0 Å². The maximum Gasteiger partial charge on any atom is 0.264 e. The summed E-state index contributed by atoms with van der Waals surface area (Å²) < 4.78 is 34.1. The third-order valence-electron chi connectivity index (χ3n) is 4.77. The summed E-state index contributed by atoms with van der Waals surface area (Å²) >= 11 is 1.18. The van der Waals surface area contributed by atoms with Crippen molar-refractivity contribution in [2.75, 3.05) is 7.11 Å². The maximum absolute atomic E-state index is 12.4. The van der Waals surface area contributed by atoms with Crippen LogP contribution < -0.4 is 19.9 Å². The summed E-state index contributed by atoms with van der Waals surface area (Å²) in [6.07, 6.45) is 1.73. The molecule has 0 aliphatic carbocycles. The van der Waals surface area contributed by atoms with E-state index in [1.165, 1.54) is 36.0 Å². The van der Waals surface area contributed by atoms with Crippen molar-refractivity contribution in [2.24, 2.45) is 10.1 Å². The number of carbonyl (C=O) groups is 1. The van der Waals surface area contributed by atoms with Crippen LogP contribution in [0.4, 0.5) is 5.69 Å². The Balaban J connectivity index is 1.48. The highest BCUT2D eigenvalue weighted by Crippen LogP contribution is 2.32. The molecule has 0 atom stereocenters. The Morgan fingerprint density at radius 1 is 1.03 bits per heavy atom. The van der Waals surface area contributed by atoms with Crippen molar-refractivity contribution >= 4 is 44.6 Å². The van der Waals surface area contributed by atoms with Gasteiger partial charge in [-0.15, -0.1) is 0 Å². The Kier molecular flexibility index (Phi) is 7.01. The molecule has 0 aromatic heterocycles. The topological polar surface area (TPSA) is 120 Å². The molecule has 0 radical (unpaired) electrons. The van der Waals surface area contributed by atoms with Gasteiger partial charge in [0.1, 0.15) is 6.61 Å². The second-order valence-corrected chi connectivity index (χ2v) is 9.80. The van der Waals surface area contributed by atoms with Crippen LogP contribution in [0.5, 0.6) is 11.5 Å². The van der Waals surface area contributed by atoms with E-state index in [4.69, 9.17) is 14.6 Å². The Bertz CT molecular complexity index is 1370. The van der Waals surface area contributed by atoms with Gasteiger partial charge in [-0.1, -0.05) is 36.4 Å². The highest BCUT2D eigenvalue weighted by Gasteiger charge is 2.24. The van der Waals surface area contributed by atoms with Crippen LogP contribution in [0.3, 0.4) is 0 Å². The maximum atomic E-state index is 12.4. The Labute approximate surface area is 201 Å². The highest BCUT2D eigenvalue weighted by molar-refractivity contribution is 8.18. The zero-order valence-corrected chi connectivity index (χ0v) is 19.7. The first-order valence-corrected chi connectivity index (χ1v) is 12.5. The monoisotopic (exact) mass is 495 g/mol. The first kappa shape index (κ1) is 23.6. The van der Waals surface area contributed by atoms with Gasteiger partial charge in [0, 0.05) is 0 Å². The van der Waals surface area contributed by atoms with Gasteiger partial charge in [-0.25, -0.2) is 18.5 Å². The number of hydrogen-bond acceptors (Lipinski definition) is 7. The average molecular weight is 496 g/mol. The van der Waals surface area contributed by atoms with Crippen molar-refractivity contribution in [1.82, 2.24) is 5.32 Å². The van der Waals surface area contributed by atoms with Gasteiger partial charge in [-0.2, -0.15) is 0 Å². The quantitative estimate of drug-likeness (QED) is 0.481. The number of carbonyl (C=O) groups excluding carboxylic acids is 1. The number of sulfonamides is 1. The Morgan fingerprint density at radius 3 is 2.44 bits per heavy atom. The van der Waals surface area contributed by atoms with Gasteiger partial charge in [0.15, 0.2) is 16.7 Å². The predicted octanol–water partition coefficient (Wildman–Crippen LogP) is 3.81. The number of amides is 1. The molecule has 8 nitrogen and oxygen atoms in total. The average Bonchev–Trinajstić information content (AvgIpc) is 3.16. The Hall–Kier alpha value is -3.60. The van der Waals surface area contributed by atoms with Crippen LogP contribution in [0.25, 0.3) is 6.08 Å². The number of amidine groups is 1. The molecular formula is C24H21N3O5S2. The lowest BCUT2D eigenvalue weighted by Gasteiger charge is -2.11. The molecule has 0 spiro atoms. The van der Waals surface area contributed by atoms with E-state index >= 15 is 0 Å². The van der Waals surface area contributed by atoms with Gasteiger partial charge >= 0.3 is 0 Å². The fourth-order valence-corrected chi connectivity index (χ4v) is 4.45. The second kappa shape index (κ2) is 10.1. The molecule has 1 amide bonds. The zero-order chi connectivity index (χ0) is 24.1. The number of nitrogens with one attached hydrogen (secondary N) is 1. The molecule has 174 valence electrons. The summed E-state index contributed by atoms with van der Waals surface area (Å²) in [6.45, 7) is 0.411. The number of ether oxygens (including phenoxy) is 2. The van der Waals surface area contributed by atoms with Crippen molar-refractivity contribution in [3.63, 3.8) is 0 Å². The zero-order valence-electron chi connectivity index (χ0n) is 18.1. The fourth-order valence-electron chi connectivity index (χ4n) is 3.09. The second-order valence-electron chi connectivity index (χ2n) is 7.21. The first-order chi connectivity index (χ1) is 16.3. The van der Waals surface area contributed by atoms with Crippen LogP contribution in [0.1, 0.15) is 11.1 Å². The molecule has 1 saturated heterocycles. The number of benzene rings is 3. The smallest absolute Gasteiger partial charge is 0.264 e. The van der Waals surface area contributed by atoms with E-state index < -0.39 is 10.0 Å². The molecular weight excluding hydrogens is 474 g/mol. The number of aliphatic imine (C=N–C) groups is 1. The van der Waals surface area contributed by atoms with Crippen LogP contribution >= 0.6 is 11.8 Å². The predicted molar refractivity (Wildman–Crippen MR) is 132 cm³/mol. The molecule has 0 saturated carbocycles. The summed E-state index contributed by atoms with van der Waals surface area (Å²) in [5, 5.41) is 8.19. The third-order valence-corrected chi connectivity index (χ3v) is 6.61. The van der Waals surface area contributed by atoms with E-state index in [2.05, 4.69) is 10.3 Å². The number of nitrogens with zero attached hydrogens (tertiary/aromatic N) is 1. The van der Waals surface area contributed by atoms with Crippen LogP contribution in [0.15, 0.2) is 87.6 Å². The lowest BCUT2D eigenvalue weighted by atomic mass is 10.2. The SMILES string of the molecule is COc1cc(/C=C2\SC(=Nc3ccc(S(N)(=O)=O)cc3)NC2=O)ccc1OCc1ccccc1. The van der Waals surface area contributed by atoms with Crippen molar-refractivity contribution in [1.29, 1.82) is 0 Å². The summed E-state index contributed by atoms with van der Waals surface area (Å²) in [6, 6.07) is 21.0. The molecule has 0 bridgehead atoms. The van der Waals surface area contributed by atoms with E-state index in [1.807, 2.05) is 36.4 Å². The van der Waals surface area contributed by atoms with Crippen LogP contribution in [-0.2, 0) is 21.4 Å². The van der Waals surface area contributed by atoms with Crippen molar-refractivity contribution < 1.29 is 22.7 Å². The summed E-state index contributed by atoms with van der Waals surface area (Å²) in [7, 11) is -2.22. The van der Waals surface area contributed by atoms with Crippen molar-refractivity contribution in [3.05, 3.63) is 88.8 Å². The molecule has 1 fully saturated rings. The molecule has 1 aliphatic rings. The molecule has 3 aromatic rings. The number of methoxy groups -OCH3 is 1. The largest absolute Gasteiger partial charge is 0.493 e. The van der Waals surface area contributed by atoms with E-state index in [0.29, 0.717) is 33.9 Å². The number of hydrogen-bond donors (Lipinski definition) is 2. The van der Waals surface area contributed by atoms with Gasteiger partial charge in [0.25, 0.3) is 5.91 Å². The number of nitrogens with two attached hydrogens (primary N) is 1. The molecule has 1 heterocycles. The van der Waals surface area contributed by atoms with E-state index in [1.54, 1.807) is 25.3 Å². The molecule has 1 aliphatic heterocycles.